The van der Waals surface area contributed by atoms with Crippen LogP contribution in [0.3, 0.4) is 0 Å². The third-order valence-electron chi connectivity index (χ3n) is 7.83. The summed E-state index contributed by atoms with van der Waals surface area (Å²) in [6, 6.07) is 12.9. The third kappa shape index (κ3) is 15.9. The number of carbonyl (C=O) groups is 6. The molecule has 4 N–H and O–H groups in total. The molecule has 0 aromatic heterocycles. The van der Waals surface area contributed by atoms with E-state index in [1.165, 1.54) is 17.7 Å². The van der Waals surface area contributed by atoms with Crippen molar-refractivity contribution in [3.63, 3.8) is 0 Å². The summed E-state index contributed by atoms with van der Waals surface area (Å²) >= 11 is 0. The highest BCUT2D eigenvalue weighted by molar-refractivity contribution is 7.87. The Hall–Kier alpha value is -5.05. The monoisotopic (exact) mass is 768 g/mol. The lowest BCUT2D eigenvalue weighted by molar-refractivity contribution is -0.157. The van der Waals surface area contributed by atoms with Crippen molar-refractivity contribution in [3.05, 3.63) is 82.8 Å². The minimum Gasteiger partial charge on any atom is -0.460 e. The Kier molecular flexibility index (Phi) is 15.9. The predicted octanol–water partition coefficient (Wildman–Crippen LogP) is 3.14. The minimum atomic E-state index is -1.48. The molecule has 1 aliphatic carbocycles. The number of hydrogen-bond acceptors (Lipinski definition) is 10. The van der Waals surface area contributed by atoms with Crippen molar-refractivity contribution < 1.29 is 47.2 Å². The first-order valence-corrected chi connectivity index (χ1v) is 19.3. The molecule has 0 heterocycles. The van der Waals surface area contributed by atoms with Gasteiger partial charge < -0.3 is 35.5 Å². The van der Waals surface area contributed by atoms with Crippen LogP contribution in [0.5, 0.6) is 0 Å². The average Bonchev–Trinajstić information content (AvgIpc) is 3.50. The normalized spacial score (nSPS) is 15.2. The molecule has 0 saturated carbocycles. The molecular weight excluding hydrogens is 717 g/mol. The van der Waals surface area contributed by atoms with Gasteiger partial charge in [0.1, 0.15) is 29.9 Å². The number of ether oxygens (including phenoxy) is 3. The number of amides is 4. The van der Waals surface area contributed by atoms with Gasteiger partial charge in [0.05, 0.1) is 25.4 Å². The molecule has 3 rings (SSSR count). The summed E-state index contributed by atoms with van der Waals surface area (Å²) in [5.74, 6) is -3.98. The van der Waals surface area contributed by atoms with Crippen LogP contribution in [0.25, 0.3) is 0 Å². The Morgan fingerprint density at radius 2 is 1.33 bits per heavy atom. The number of esters is 2. The molecule has 0 saturated heterocycles. The molecule has 0 bridgehead atoms. The lowest BCUT2D eigenvalue weighted by Gasteiger charge is -2.27. The highest BCUT2D eigenvalue weighted by Crippen LogP contribution is 2.29. The fraction of sp³-hybridized carbons (Fsp3) is 0.487. The summed E-state index contributed by atoms with van der Waals surface area (Å²) in [5.41, 5.74) is 1.05. The van der Waals surface area contributed by atoms with Crippen LogP contribution in [0, 0.1) is 5.92 Å². The Labute approximate surface area is 319 Å². The lowest BCUT2D eigenvalue weighted by atomic mass is 9.95. The quantitative estimate of drug-likeness (QED) is 0.146. The molecule has 15 heteroatoms. The van der Waals surface area contributed by atoms with Gasteiger partial charge >= 0.3 is 18.0 Å². The second-order valence-corrected chi connectivity index (χ2v) is 16.3. The first kappa shape index (κ1) is 43.4. The molecule has 14 nitrogen and oxygen atoms in total. The molecule has 54 heavy (non-hydrogen) atoms. The van der Waals surface area contributed by atoms with Gasteiger partial charge in [-0.2, -0.15) is 0 Å². The van der Waals surface area contributed by atoms with Crippen molar-refractivity contribution in [2.24, 2.45) is 5.92 Å². The number of nitrogens with one attached hydrogen (secondary N) is 4. The molecule has 4 amide bonds. The van der Waals surface area contributed by atoms with E-state index in [2.05, 4.69) is 21.3 Å². The van der Waals surface area contributed by atoms with Crippen LogP contribution < -0.4 is 21.3 Å². The second kappa shape index (κ2) is 19.9. The largest absolute Gasteiger partial charge is 0.460 e. The fourth-order valence-corrected chi connectivity index (χ4v) is 6.03. The van der Waals surface area contributed by atoms with E-state index in [4.69, 9.17) is 14.2 Å². The maximum atomic E-state index is 13.9. The maximum absolute atomic E-state index is 13.9. The first-order chi connectivity index (χ1) is 25.3. The number of hydrogen-bond donors (Lipinski definition) is 4. The van der Waals surface area contributed by atoms with Crippen molar-refractivity contribution in [1.82, 2.24) is 21.3 Å². The predicted molar refractivity (Wildman–Crippen MR) is 202 cm³/mol. The molecule has 1 aliphatic rings. The molecule has 294 valence electrons. The van der Waals surface area contributed by atoms with Crippen LogP contribution in [0.15, 0.2) is 66.1 Å². The van der Waals surface area contributed by atoms with Gasteiger partial charge in [0.2, 0.25) is 17.7 Å². The van der Waals surface area contributed by atoms with E-state index in [0.29, 0.717) is 18.4 Å². The van der Waals surface area contributed by atoms with Crippen LogP contribution >= 0.6 is 0 Å². The van der Waals surface area contributed by atoms with Crippen LogP contribution in [-0.4, -0.2) is 82.1 Å². The van der Waals surface area contributed by atoms with Crippen molar-refractivity contribution in [2.45, 2.75) is 103 Å². The maximum Gasteiger partial charge on any atom is 0.408 e. The summed E-state index contributed by atoms with van der Waals surface area (Å²) < 4.78 is 27.8. The Bertz CT molecular complexity index is 1680. The molecule has 0 radical (unpaired) electrons. The Morgan fingerprint density at radius 3 is 1.89 bits per heavy atom. The van der Waals surface area contributed by atoms with Crippen LogP contribution in [0.1, 0.15) is 71.1 Å². The van der Waals surface area contributed by atoms with Gasteiger partial charge in [-0.05, 0) is 77.0 Å². The van der Waals surface area contributed by atoms with Gasteiger partial charge in [-0.15, -0.1) is 0 Å². The van der Waals surface area contributed by atoms with Gasteiger partial charge in [0.25, 0.3) is 0 Å². The van der Waals surface area contributed by atoms with Crippen molar-refractivity contribution in [1.29, 1.82) is 0 Å². The summed E-state index contributed by atoms with van der Waals surface area (Å²) in [6.07, 6.45) is 1.95. The standard InChI is InChI=1S/C39H52N4O10S/c1-38(2,3)52-32(45)21-29(17-18-54(7)50)41-31(44)23-40-36(48)34(28-19-26-15-11-12-16-27(26)20-28)43-35(47)30(22-33(46)53-39(4,5)6)42-37(49)51-24-25-13-9-8-10-14-25/h8-18,28-30,34H,19-24H2,1-7H3,(H,40,48)(H,41,44)(H,42,49)(H,43,47)/b18-17+/t29?,30-,34?,54?/m0/s1. The minimum absolute atomic E-state index is 0.0917. The van der Waals surface area contributed by atoms with Crippen molar-refractivity contribution in [2.75, 3.05) is 12.8 Å². The van der Waals surface area contributed by atoms with E-state index in [1.807, 2.05) is 30.3 Å². The zero-order chi connectivity index (χ0) is 40.1. The molecule has 0 aliphatic heterocycles. The zero-order valence-electron chi connectivity index (χ0n) is 31.9. The van der Waals surface area contributed by atoms with Crippen LogP contribution in [0.2, 0.25) is 0 Å². The van der Waals surface area contributed by atoms with Gasteiger partial charge in [0.15, 0.2) is 0 Å². The van der Waals surface area contributed by atoms with Gasteiger partial charge in [0, 0.05) is 22.5 Å². The van der Waals surface area contributed by atoms with Crippen LogP contribution in [0.4, 0.5) is 4.79 Å². The molecular formula is C39H52N4O10S. The van der Waals surface area contributed by atoms with Crippen molar-refractivity contribution >= 4 is 46.6 Å². The van der Waals surface area contributed by atoms with Gasteiger partial charge in [-0.25, -0.2) is 4.79 Å². The summed E-state index contributed by atoms with van der Waals surface area (Å²) in [6.45, 7) is 9.49. The molecule has 0 fully saturated rings. The van der Waals surface area contributed by atoms with Gasteiger partial charge in [-0.3, -0.25) is 28.2 Å². The summed E-state index contributed by atoms with van der Waals surface area (Å²) in [5, 5.41) is 11.7. The Balaban J connectivity index is 1.78. The van der Waals surface area contributed by atoms with E-state index in [1.54, 1.807) is 65.8 Å². The first-order valence-electron chi connectivity index (χ1n) is 17.6. The van der Waals surface area contributed by atoms with E-state index in [9.17, 15) is 33.0 Å². The van der Waals surface area contributed by atoms with Gasteiger partial charge in [-0.1, -0.05) is 60.7 Å². The van der Waals surface area contributed by atoms with E-state index < -0.39 is 94.8 Å². The summed E-state index contributed by atoms with van der Waals surface area (Å²) in [4.78, 5) is 79.0. The smallest absolute Gasteiger partial charge is 0.408 e. The topological polar surface area (TPSA) is 195 Å². The fourth-order valence-electron chi connectivity index (χ4n) is 5.62. The Morgan fingerprint density at radius 1 is 0.778 bits per heavy atom. The average molecular weight is 769 g/mol. The number of carbonyl (C=O) groups excluding carboxylic acids is 6. The third-order valence-corrected chi connectivity index (χ3v) is 8.37. The lowest BCUT2D eigenvalue weighted by Crippen LogP contribution is -2.57. The van der Waals surface area contributed by atoms with Crippen molar-refractivity contribution in [3.8, 4) is 0 Å². The number of rotatable bonds is 16. The second-order valence-electron chi connectivity index (χ2n) is 15.0. The molecule has 2 aromatic carbocycles. The van der Waals surface area contributed by atoms with E-state index in [0.717, 1.165) is 11.1 Å². The zero-order valence-corrected chi connectivity index (χ0v) is 32.7. The van der Waals surface area contributed by atoms with Crippen LogP contribution in [-0.2, 0) is 68.4 Å². The highest BCUT2D eigenvalue weighted by atomic mass is 32.2. The van der Waals surface area contributed by atoms with E-state index in [-0.39, 0.29) is 13.0 Å². The SMILES string of the molecule is CS(=O)/C=C/C(CC(=O)OC(C)(C)C)NC(=O)CNC(=O)C(NC(=O)[C@H](CC(=O)OC(C)(C)C)NC(=O)OCc1ccccc1)C1Cc2ccccc2C1. The van der Waals surface area contributed by atoms with E-state index >= 15 is 0 Å². The highest BCUT2D eigenvalue weighted by Gasteiger charge is 2.37. The molecule has 2 aromatic rings. The number of benzene rings is 2. The molecule has 4 atom stereocenters. The summed E-state index contributed by atoms with van der Waals surface area (Å²) in [7, 11) is -1.36. The number of alkyl carbamates (subject to hydrolysis) is 1. The molecule has 3 unspecified atom stereocenters. The number of fused-ring (bicyclic) bond motifs is 1. The molecule has 0 spiro atoms.